The van der Waals surface area contributed by atoms with Crippen molar-refractivity contribution in [2.24, 2.45) is 5.73 Å². The molecule has 1 heterocycles. The van der Waals surface area contributed by atoms with E-state index in [9.17, 15) is 5.11 Å². The van der Waals surface area contributed by atoms with Crippen LogP contribution in [-0.4, -0.2) is 35.5 Å². The molecule has 25 heavy (non-hydrogen) atoms. The van der Waals surface area contributed by atoms with Crippen LogP contribution in [-0.2, 0) is 13.1 Å². The summed E-state index contributed by atoms with van der Waals surface area (Å²) in [5.41, 5.74) is 9.54. The van der Waals surface area contributed by atoms with Crippen LogP contribution >= 0.6 is 0 Å². The molecule has 0 saturated carbocycles. The summed E-state index contributed by atoms with van der Waals surface area (Å²) in [4.78, 5) is 4.79. The zero-order valence-corrected chi connectivity index (χ0v) is 14.5. The van der Waals surface area contributed by atoms with Crippen molar-refractivity contribution in [1.29, 1.82) is 0 Å². The largest absolute Gasteiger partial charge is 0.493 e. The predicted molar refractivity (Wildman–Crippen MR) is 97.9 cm³/mol. The summed E-state index contributed by atoms with van der Waals surface area (Å²) in [5.74, 6) is 2.15. The molecule has 3 rings (SSSR count). The zero-order valence-electron chi connectivity index (χ0n) is 14.5. The molecule has 3 aromatic rings. The number of aliphatic hydroxyl groups is 1. The van der Waals surface area contributed by atoms with Crippen LogP contribution in [0.3, 0.4) is 0 Å². The number of fused-ring (bicyclic) bond motifs is 1. The van der Waals surface area contributed by atoms with Gasteiger partial charge in [-0.3, -0.25) is 0 Å². The second-order valence-electron chi connectivity index (χ2n) is 5.76. The third kappa shape index (κ3) is 3.31. The summed E-state index contributed by atoms with van der Waals surface area (Å²) in [6, 6.07) is 11.9. The maximum atomic E-state index is 9.26. The molecule has 132 valence electrons. The molecule has 0 fully saturated rings. The van der Waals surface area contributed by atoms with Crippen molar-refractivity contribution >= 4 is 11.0 Å². The molecule has 0 amide bonds. The lowest BCUT2D eigenvalue weighted by Gasteiger charge is -2.11. The lowest BCUT2D eigenvalue weighted by Crippen LogP contribution is -2.03. The lowest BCUT2D eigenvalue weighted by atomic mass is 10.1. The number of hydrogen-bond donors (Lipinski definition) is 2. The fraction of sp³-hybridized carbons (Fsp3) is 0.316. The molecule has 1 aromatic heterocycles. The van der Waals surface area contributed by atoms with Gasteiger partial charge >= 0.3 is 0 Å². The number of nitrogens with two attached hydrogens (primary N) is 1. The molecular weight excluding hydrogens is 318 g/mol. The summed E-state index contributed by atoms with van der Waals surface area (Å²) >= 11 is 0. The quantitative estimate of drug-likeness (QED) is 0.690. The van der Waals surface area contributed by atoms with Gasteiger partial charge in [-0.25, -0.2) is 4.98 Å². The fourth-order valence-electron chi connectivity index (χ4n) is 2.92. The molecule has 0 radical (unpaired) electrons. The normalized spacial score (nSPS) is 11.0. The minimum atomic E-state index is 0.124. The first-order valence-electron chi connectivity index (χ1n) is 8.24. The number of aromatic nitrogens is 2. The van der Waals surface area contributed by atoms with Gasteiger partial charge in [0.25, 0.3) is 0 Å². The summed E-state index contributed by atoms with van der Waals surface area (Å²) in [6.07, 6.45) is 0.647. The molecule has 0 unspecified atom stereocenters. The minimum absolute atomic E-state index is 0.124. The van der Waals surface area contributed by atoms with Crippen molar-refractivity contribution in [3.05, 3.63) is 42.0 Å². The van der Waals surface area contributed by atoms with E-state index in [2.05, 4.69) is 4.57 Å². The number of rotatable bonds is 7. The Labute approximate surface area is 146 Å². The van der Waals surface area contributed by atoms with Gasteiger partial charge in [-0.2, -0.15) is 0 Å². The molecule has 3 N–H and O–H groups in total. The van der Waals surface area contributed by atoms with E-state index in [1.54, 1.807) is 14.2 Å². The Balaban J connectivity index is 2.18. The maximum absolute atomic E-state index is 9.26. The van der Waals surface area contributed by atoms with Crippen LogP contribution < -0.4 is 15.2 Å². The summed E-state index contributed by atoms with van der Waals surface area (Å²) < 4.78 is 12.9. The van der Waals surface area contributed by atoms with Gasteiger partial charge in [0.1, 0.15) is 5.82 Å². The Hall–Kier alpha value is -2.57. The minimum Gasteiger partial charge on any atom is -0.493 e. The molecule has 6 heteroatoms. The summed E-state index contributed by atoms with van der Waals surface area (Å²) in [7, 11) is 3.23. The Morgan fingerprint density at radius 2 is 1.76 bits per heavy atom. The molecule has 0 saturated heterocycles. The van der Waals surface area contributed by atoms with E-state index in [0.29, 0.717) is 31.0 Å². The highest BCUT2D eigenvalue weighted by molar-refractivity contribution is 5.84. The van der Waals surface area contributed by atoms with Crippen LogP contribution in [0.4, 0.5) is 0 Å². The van der Waals surface area contributed by atoms with Gasteiger partial charge in [-0.05, 0) is 12.0 Å². The van der Waals surface area contributed by atoms with Crippen LogP contribution in [0.25, 0.3) is 22.4 Å². The number of aryl methyl sites for hydroxylation is 1. The highest BCUT2D eigenvalue weighted by atomic mass is 16.5. The number of hydrogen-bond acceptors (Lipinski definition) is 5. The molecular formula is C19H23N3O3. The van der Waals surface area contributed by atoms with Crippen molar-refractivity contribution in [1.82, 2.24) is 9.55 Å². The van der Waals surface area contributed by atoms with Gasteiger partial charge in [-0.15, -0.1) is 0 Å². The molecule has 0 aliphatic heterocycles. The Kier molecular flexibility index (Phi) is 5.21. The van der Waals surface area contributed by atoms with Crippen molar-refractivity contribution in [2.45, 2.75) is 19.5 Å². The molecule has 6 nitrogen and oxygen atoms in total. The molecule has 0 spiro atoms. The number of aliphatic hydroxyl groups excluding tert-OH is 1. The summed E-state index contributed by atoms with van der Waals surface area (Å²) in [5, 5.41) is 9.26. The smallest absolute Gasteiger partial charge is 0.163 e. The molecule has 0 aliphatic rings. The maximum Gasteiger partial charge on any atom is 0.163 e. The van der Waals surface area contributed by atoms with Crippen LogP contribution in [0.15, 0.2) is 36.4 Å². The monoisotopic (exact) mass is 341 g/mol. The second kappa shape index (κ2) is 7.55. The van der Waals surface area contributed by atoms with E-state index in [1.807, 2.05) is 36.4 Å². The van der Waals surface area contributed by atoms with E-state index < -0.39 is 0 Å². The van der Waals surface area contributed by atoms with Gasteiger partial charge in [0.05, 0.1) is 25.3 Å². The average Bonchev–Trinajstić information content (AvgIpc) is 3.02. The van der Waals surface area contributed by atoms with E-state index >= 15 is 0 Å². The number of ether oxygens (including phenoxy) is 2. The number of benzene rings is 2. The lowest BCUT2D eigenvalue weighted by molar-refractivity contribution is 0.281. The molecule has 2 aromatic carbocycles. The molecule has 0 aliphatic carbocycles. The van der Waals surface area contributed by atoms with Gasteiger partial charge in [-0.1, -0.05) is 24.3 Å². The number of nitrogens with zero attached hydrogens (tertiary/aromatic N) is 2. The molecule has 0 atom stereocenters. The van der Waals surface area contributed by atoms with Crippen molar-refractivity contribution < 1.29 is 14.6 Å². The third-order valence-electron chi connectivity index (χ3n) is 4.24. The van der Waals surface area contributed by atoms with Gasteiger partial charge in [0.2, 0.25) is 0 Å². The Bertz CT molecular complexity index is 856. The topological polar surface area (TPSA) is 82.5 Å². The number of methoxy groups -OCH3 is 2. The van der Waals surface area contributed by atoms with E-state index in [-0.39, 0.29) is 6.61 Å². The van der Waals surface area contributed by atoms with Crippen LogP contribution in [0.5, 0.6) is 11.5 Å². The second-order valence-corrected chi connectivity index (χ2v) is 5.76. The van der Waals surface area contributed by atoms with Crippen LogP contribution in [0, 0.1) is 0 Å². The Morgan fingerprint density at radius 3 is 2.36 bits per heavy atom. The van der Waals surface area contributed by atoms with Crippen LogP contribution in [0.2, 0.25) is 0 Å². The Morgan fingerprint density at radius 1 is 1.08 bits per heavy atom. The van der Waals surface area contributed by atoms with Gasteiger partial charge in [0, 0.05) is 37.4 Å². The van der Waals surface area contributed by atoms with Crippen molar-refractivity contribution in [2.75, 3.05) is 20.8 Å². The van der Waals surface area contributed by atoms with Crippen molar-refractivity contribution in [3.8, 4) is 22.9 Å². The SMILES string of the molecule is COc1cc2nc(-c3ccc(CN)cc3)n(CCCO)c2cc1OC. The van der Waals surface area contributed by atoms with E-state index in [0.717, 1.165) is 28.0 Å². The van der Waals surface area contributed by atoms with E-state index in [4.69, 9.17) is 20.2 Å². The average molecular weight is 341 g/mol. The van der Waals surface area contributed by atoms with E-state index in [1.165, 1.54) is 0 Å². The number of imidazole rings is 1. The zero-order chi connectivity index (χ0) is 17.8. The highest BCUT2D eigenvalue weighted by Gasteiger charge is 2.16. The first kappa shape index (κ1) is 17.3. The van der Waals surface area contributed by atoms with Crippen molar-refractivity contribution in [3.63, 3.8) is 0 Å². The van der Waals surface area contributed by atoms with Gasteiger partial charge in [0.15, 0.2) is 11.5 Å². The molecule has 0 bridgehead atoms. The fourth-order valence-corrected chi connectivity index (χ4v) is 2.92. The third-order valence-corrected chi connectivity index (χ3v) is 4.24. The predicted octanol–water partition coefficient (Wildman–Crippen LogP) is 2.56. The van der Waals surface area contributed by atoms with Gasteiger partial charge < -0.3 is 24.9 Å². The summed E-state index contributed by atoms with van der Waals surface area (Å²) in [6.45, 7) is 1.30. The van der Waals surface area contributed by atoms with Crippen LogP contribution in [0.1, 0.15) is 12.0 Å². The first-order chi connectivity index (χ1) is 12.2. The standard InChI is InChI=1S/C19H23N3O3/c1-24-17-10-15-16(11-18(17)25-2)22(8-3-9-23)19(21-15)14-6-4-13(12-20)5-7-14/h4-7,10-11,23H,3,8-9,12,20H2,1-2H3. The first-order valence-corrected chi connectivity index (χ1v) is 8.24. The highest BCUT2D eigenvalue weighted by Crippen LogP contribution is 2.34.